The zero-order chi connectivity index (χ0) is 16.7. The van der Waals surface area contributed by atoms with E-state index in [9.17, 15) is 4.79 Å². The number of carbonyl (C=O) groups is 1. The quantitative estimate of drug-likeness (QED) is 0.793. The van der Waals surface area contributed by atoms with E-state index < -0.39 is 0 Å². The van der Waals surface area contributed by atoms with Gasteiger partial charge in [-0.05, 0) is 55.0 Å². The van der Waals surface area contributed by atoms with Crippen molar-refractivity contribution < 1.29 is 9.53 Å². The summed E-state index contributed by atoms with van der Waals surface area (Å²) < 4.78 is 5.48. The van der Waals surface area contributed by atoms with E-state index in [2.05, 4.69) is 10.6 Å². The van der Waals surface area contributed by atoms with E-state index in [1.807, 2.05) is 19.1 Å². The molecule has 6 heteroatoms. The number of thiocarbonyl (C=S) groups is 1. The summed E-state index contributed by atoms with van der Waals surface area (Å²) in [6.07, 6.45) is 0.935. The molecule has 23 heavy (non-hydrogen) atoms. The molecule has 0 fully saturated rings. The Kier molecular flexibility index (Phi) is 6.38. The maximum atomic E-state index is 12.1. The average molecular weight is 349 g/mol. The molecule has 0 radical (unpaired) electrons. The minimum absolute atomic E-state index is 0.189. The van der Waals surface area contributed by atoms with Crippen molar-refractivity contribution in [3.8, 4) is 5.75 Å². The fraction of sp³-hybridized carbons (Fsp3) is 0.176. The maximum Gasteiger partial charge on any atom is 0.257 e. The van der Waals surface area contributed by atoms with Crippen molar-refractivity contribution >= 4 is 40.5 Å². The van der Waals surface area contributed by atoms with E-state index in [1.165, 1.54) is 0 Å². The predicted molar refractivity (Wildman–Crippen MR) is 97.4 cm³/mol. The van der Waals surface area contributed by atoms with E-state index in [0.717, 1.165) is 12.2 Å². The summed E-state index contributed by atoms with van der Waals surface area (Å²) in [5.41, 5.74) is 1.14. The van der Waals surface area contributed by atoms with Crippen LogP contribution in [-0.2, 0) is 0 Å². The molecular formula is C17H17ClN2O2S. The fourth-order valence-corrected chi connectivity index (χ4v) is 2.20. The van der Waals surface area contributed by atoms with Gasteiger partial charge in [-0.25, -0.2) is 0 Å². The van der Waals surface area contributed by atoms with Crippen molar-refractivity contribution in [1.29, 1.82) is 0 Å². The first-order valence-electron chi connectivity index (χ1n) is 7.20. The lowest BCUT2D eigenvalue weighted by Gasteiger charge is -2.11. The molecule has 0 atom stereocenters. The molecule has 120 valence electrons. The Balaban J connectivity index is 1.93. The molecule has 2 rings (SSSR count). The van der Waals surface area contributed by atoms with Gasteiger partial charge in [-0.15, -0.1) is 0 Å². The molecule has 0 aliphatic heterocycles. The van der Waals surface area contributed by atoms with Gasteiger partial charge in [0.25, 0.3) is 5.91 Å². The second-order valence-corrected chi connectivity index (χ2v) is 5.58. The van der Waals surface area contributed by atoms with Gasteiger partial charge >= 0.3 is 0 Å². The number of hydrogen-bond donors (Lipinski definition) is 2. The van der Waals surface area contributed by atoms with Gasteiger partial charge < -0.3 is 10.1 Å². The van der Waals surface area contributed by atoms with E-state index in [1.54, 1.807) is 36.4 Å². The Bertz CT molecular complexity index is 689. The third-order valence-electron chi connectivity index (χ3n) is 2.94. The van der Waals surface area contributed by atoms with Crippen molar-refractivity contribution in [1.82, 2.24) is 5.32 Å². The predicted octanol–water partition coefficient (Wildman–Crippen LogP) is 4.26. The Morgan fingerprint density at radius 2 is 1.87 bits per heavy atom. The van der Waals surface area contributed by atoms with Crippen LogP contribution in [0.4, 0.5) is 5.69 Å². The van der Waals surface area contributed by atoms with Crippen LogP contribution in [0.2, 0.25) is 5.02 Å². The Morgan fingerprint density at radius 1 is 1.17 bits per heavy atom. The molecule has 0 aromatic heterocycles. The molecule has 2 aromatic rings. The van der Waals surface area contributed by atoms with Crippen molar-refractivity contribution in [2.45, 2.75) is 13.3 Å². The van der Waals surface area contributed by atoms with E-state index >= 15 is 0 Å². The Labute approximate surface area is 145 Å². The van der Waals surface area contributed by atoms with Gasteiger partial charge in [0.15, 0.2) is 5.11 Å². The second kappa shape index (κ2) is 8.50. The topological polar surface area (TPSA) is 50.4 Å². The number of hydrogen-bond acceptors (Lipinski definition) is 3. The van der Waals surface area contributed by atoms with Crippen molar-refractivity contribution in [2.24, 2.45) is 0 Å². The van der Waals surface area contributed by atoms with E-state index in [0.29, 0.717) is 22.9 Å². The van der Waals surface area contributed by atoms with E-state index in [-0.39, 0.29) is 11.0 Å². The van der Waals surface area contributed by atoms with Crippen molar-refractivity contribution in [2.75, 3.05) is 11.9 Å². The van der Waals surface area contributed by atoms with Gasteiger partial charge in [-0.3, -0.25) is 10.1 Å². The molecule has 4 nitrogen and oxygen atoms in total. The zero-order valence-electron chi connectivity index (χ0n) is 12.6. The summed E-state index contributed by atoms with van der Waals surface area (Å²) in [7, 11) is 0. The molecule has 2 aromatic carbocycles. The first kappa shape index (κ1) is 17.2. The summed E-state index contributed by atoms with van der Waals surface area (Å²) in [6, 6.07) is 14.1. The third kappa shape index (κ3) is 5.23. The van der Waals surface area contributed by atoms with Gasteiger partial charge in [0, 0.05) is 5.56 Å². The molecule has 0 heterocycles. The summed E-state index contributed by atoms with van der Waals surface area (Å²) in [4.78, 5) is 12.1. The average Bonchev–Trinajstić information content (AvgIpc) is 2.55. The maximum absolute atomic E-state index is 12.1. The van der Waals surface area contributed by atoms with Crippen LogP contribution in [0, 0.1) is 0 Å². The van der Waals surface area contributed by atoms with Crippen LogP contribution in [0.1, 0.15) is 23.7 Å². The molecule has 0 unspecified atom stereocenters. The molecule has 0 bridgehead atoms. The van der Waals surface area contributed by atoms with Crippen LogP contribution in [0.25, 0.3) is 0 Å². The minimum atomic E-state index is -0.295. The van der Waals surface area contributed by atoms with Crippen molar-refractivity contribution in [3.05, 3.63) is 59.1 Å². The van der Waals surface area contributed by atoms with Gasteiger partial charge in [0.05, 0.1) is 17.3 Å². The molecular weight excluding hydrogens is 332 g/mol. The first-order valence-corrected chi connectivity index (χ1v) is 7.98. The standard InChI is InChI=1S/C17H17ClN2O2S/c1-2-11-22-13-9-7-12(8-10-13)16(21)20-17(23)19-15-6-4-3-5-14(15)18/h3-10H,2,11H2,1H3,(H2,19,20,21,23). The molecule has 0 saturated carbocycles. The lowest BCUT2D eigenvalue weighted by atomic mass is 10.2. The number of benzene rings is 2. The molecule has 0 aliphatic rings. The smallest absolute Gasteiger partial charge is 0.257 e. The number of anilines is 1. The first-order chi connectivity index (χ1) is 11.1. The van der Waals surface area contributed by atoms with E-state index in [4.69, 9.17) is 28.6 Å². The van der Waals surface area contributed by atoms with Crippen LogP contribution in [0.15, 0.2) is 48.5 Å². The van der Waals surface area contributed by atoms with Crippen LogP contribution < -0.4 is 15.4 Å². The summed E-state index contributed by atoms with van der Waals surface area (Å²) in [6.45, 7) is 2.69. The monoisotopic (exact) mass is 348 g/mol. The summed E-state index contributed by atoms with van der Waals surface area (Å²) in [5, 5.41) is 6.23. The number of amides is 1. The molecule has 2 N–H and O–H groups in total. The number of rotatable bonds is 5. The van der Waals surface area contributed by atoms with Crippen LogP contribution in [-0.4, -0.2) is 17.6 Å². The highest BCUT2D eigenvalue weighted by Crippen LogP contribution is 2.20. The fourth-order valence-electron chi connectivity index (χ4n) is 1.81. The highest BCUT2D eigenvalue weighted by molar-refractivity contribution is 7.80. The Morgan fingerprint density at radius 3 is 2.52 bits per heavy atom. The van der Waals surface area contributed by atoms with Crippen LogP contribution >= 0.6 is 23.8 Å². The van der Waals surface area contributed by atoms with Crippen LogP contribution in [0.3, 0.4) is 0 Å². The van der Waals surface area contributed by atoms with Gasteiger partial charge in [0.2, 0.25) is 0 Å². The highest BCUT2D eigenvalue weighted by atomic mass is 35.5. The number of para-hydroxylation sites is 1. The van der Waals surface area contributed by atoms with Crippen LogP contribution in [0.5, 0.6) is 5.75 Å². The minimum Gasteiger partial charge on any atom is -0.494 e. The number of halogens is 1. The zero-order valence-corrected chi connectivity index (χ0v) is 14.2. The largest absolute Gasteiger partial charge is 0.494 e. The number of nitrogens with one attached hydrogen (secondary N) is 2. The van der Waals surface area contributed by atoms with Gasteiger partial charge in [0.1, 0.15) is 5.75 Å². The molecule has 0 spiro atoms. The molecule has 0 saturated heterocycles. The molecule has 1 amide bonds. The summed E-state index contributed by atoms with van der Waals surface area (Å²) >= 11 is 11.2. The van der Waals surface area contributed by atoms with Gasteiger partial charge in [-0.1, -0.05) is 30.7 Å². The second-order valence-electron chi connectivity index (χ2n) is 4.76. The molecule has 0 aliphatic carbocycles. The lowest BCUT2D eigenvalue weighted by Crippen LogP contribution is -2.34. The SMILES string of the molecule is CCCOc1ccc(C(=O)NC(=S)Nc2ccccc2Cl)cc1. The Hall–Kier alpha value is -2.11. The lowest BCUT2D eigenvalue weighted by molar-refractivity contribution is 0.0977. The number of carbonyl (C=O) groups excluding carboxylic acids is 1. The summed E-state index contributed by atoms with van der Waals surface area (Å²) in [5.74, 6) is 0.441. The van der Waals surface area contributed by atoms with Crippen molar-refractivity contribution in [3.63, 3.8) is 0 Å². The van der Waals surface area contributed by atoms with Gasteiger partial charge in [-0.2, -0.15) is 0 Å². The highest BCUT2D eigenvalue weighted by Gasteiger charge is 2.09. The number of ether oxygens (including phenoxy) is 1. The third-order valence-corrected chi connectivity index (χ3v) is 3.47. The normalized spacial score (nSPS) is 10.0.